The molecule has 4 heterocycles. The summed E-state index contributed by atoms with van der Waals surface area (Å²) in [5.41, 5.74) is 2.91. The van der Waals surface area contributed by atoms with Crippen LogP contribution >= 0.6 is 0 Å². The number of nitrogens with zero attached hydrogens (tertiary/aromatic N) is 5. The lowest BCUT2D eigenvalue weighted by Gasteiger charge is -2.30. The van der Waals surface area contributed by atoms with Crippen LogP contribution < -0.4 is 0 Å². The molecule has 1 atom stereocenters. The minimum Gasteiger partial charge on any atom is -0.506 e. The van der Waals surface area contributed by atoms with Crippen molar-refractivity contribution in [3.63, 3.8) is 0 Å². The van der Waals surface area contributed by atoms with Crippen molar-refractivity contribution in [3.8, 4) is 17.0 Å². The number of hydrogen-bond donors (Lipinski definition) is 1. The molecule has 0 amide bonds. The summed E-state index contributed by atoms with van der Waals surface area (Å²) in [4.78, 5) is 6.86. The van der Waals surface area contributed by atoms with E-state index in [-0.39, 0.29) is 16.9 Å². The summed E-state index contributed by atoms with van der Waals surface area (Å²) in [6.45, 7) is 3.91. The molecular weight excluding hydrogens is 361 g/mol. The number of piperidine rings is 1. The van der Waals surface area contributed by atoms with E-state index in [1.807, 2.05) is 6.92 Å². The van der Waals surface area contributed by atoms with Crippen LogP contribution in [0.4, 0.5) is 4.39 Å². The molecule has 144 valence electrons. The Balaban J connectivity index is 1.65. The predicted molar refractivity (Wildman–Crippen MR) is 103 cm³/mol. The summed E-state index contributed by atoms with van der Waals surface area (Å²) >= 11 is 0. The molecule has 8 heteroatoms. The number of likely N-dealkylation sites (tertiary alicyclic amines) is 1. The number of rotatable bonds is 2. The Hall–Kier alpha value is -3.00. The van der Waals surface area contributed by atoms with Gasteiger partial charge in [-0.2, -0.15) is 0 Å². The first kappa shape index (κ1) is 17.1. The standard InChI is InChI=1S/C20H20FN5O2/c1-11-16(14-8-15(21)19-13(18(14)27)5-7-28-19)23-24-20-17(11)22-10-26(20)12-4-3-6-25(2)9-12/h5,7-8,10,12,27H,3-4,6,9H2,1-2H3/t12-/m1/s1. The van der Waals surface area contributed by atoms with Crippen LogP contribution in [0.15, 0.2) is 29.1 Å². The minimum atomic E-state index is -0.551. The highest BCUT2D eigenvalue weighted by Gasteiger charge is 2.24. The number of phenolic OH excluding ortho intramolecular Hbond substituents is 1. The molecule has 0 spiro atoms. The first-order valence-corrected chi connectivity index (χ1v) is 9.32. The van der Waals surface area contributed by atoms with E-state index in [2.05, 4.69) is 31.7 Å². The van der Waals surface area contributed by atoms with Gasteiger partial charge in [-0.15, -0.1) is 10.2 Å². The van der Waals surface area contributed by atoms with Crippen LogP contribution in [0.5, 0.6) is 5.75 Å². The van der Waals surface area contributed by atoms with Crippen LogP contribution in [0, 0.1) is 12.7 Å². The highest BCUT2D eigenvalue weighted by Crippen LogP contribution is 2.39. The van der Waals surface area contributed by atoms with Gasteiger partial charge in [-0.05, 0) is 45.5 Å². The second-order valence-electron chi connectivity index (χ2n) is 7.47. The summed E-state index contributed by atoms with van der Waals surface area (Å²) in [5.74, 6) is -0.625. The second kappa shape index (κ2) is 6.27. The Morgan fingerprint density at radius 2 is 2.18 bits per heavy atom. The van der Waals surface area contributed by atoms with Gasteiger partial charge in [0, 0.05) is 23.7 Å². The maximum atomic E-state index is 14.4. The Labute approximate surface area is 160 Å². The topological polar surface area (TPSA) is 80.2 Å². The van der Waals surface area contributed by atoms with Gasteiger partial charge in [-0.1, -0.05) is 0 Å². The molecule has 1 N–H and O–H groups in total. The quantitative estimate of drug-likeness (QED) is 0.571. The average molecular weight is 381 g/mol. The van der Waals surface area contributed by atoms with Gasteiger partial charge < -0.3 is 19.0 Å². The van der Waals surface area contributed by atoms with Crippen molar-refractivity contribution in [2.45, 2.75) is 25.8 Å². The molecule has 28 heavy (non-hydrogen) atoms. The van der Waals surface area contributed by atoms with Gasteiger partial charge in [-0.25, -0.2) is 9.37 Å². The fourth-order valence-electron chi connectivity index (χ4n) is 4.16. The SMILES string of the molecule is Cc1c(-c2cc(F)c3occc3c2O)nnc2c1ncn2[C@@H]1CCCN(C)C1. The lowest BCUT2D eigenvalue weighted by atomic mass is 10.0. The summed E-state index contributed by atoms with van der Waals surface area (Å²) in [7, 11) is 2.11. The number of fused-ring (bicyclic) bond motifs is 2. The smallest absolute Gasteiger partial charge is 0.183 e. The van der Waals surface area contributed by atoms with Crippen molar-refractivity contribution in [1.82, 2.24) is 24.6 Å². The maximum absolute atomic E-state index is 14.4. The molecule has 4 aromatic rings. The lowest BCUT2D eigenvalue weighted by Crippen LogP contribution is -2.33. The molecule has 0 bridgehead atoms. The Morgan fingerprint density at radius 3 is 3.00 bits per heavy atom. The second-order valence-corrected chi connectivity index (χ2v) is 7.47. The normalized spacial score (nSPS) is 18.3. The van der Waals surface area contributed by atoms with Crippen molar-refractivity contribution in [2.75, 3.05) is 20.1 Å². The third-order valence-corrected chi connectivity index (χ3v) is 5.63. The van der Waals surface area contributed by atoms with E-state index < -0.39 is 5.82 Å². The number of phenols is 1. The van der Waals surface area contributed by atoms with E-state index >= 15 is 0 Å². The van der Waals surface area contributed by atoms with Gasteiger partial charge in [0.2, 0.25) is 0 Å². The minimum absolute atomic E-state index is 0.0265. The van der Waals surface area contributed by atoms with E-state index in [9.17, 15) is 9.50 Å². The number of likely N-dealkylation sites (N-methyl/N-ethyl adjacent to an activating group) is 1. The molecule has 0 unspecified atom stereocenters. The molecular formula is C20H20FN5O2. The average Bonchev–Trinajstić information content (AvgIpc) is 3.33. The molecule has 0 radical (unpaired) electrons. The Kier molecular flexibility index (Phi) is 3.83. The van der Waals surface area contributed by atoms with Crippen molar-refractivity contribution in [3.05, 3.63) is 36.1 Å². The Morgan fingerprint density at radius 1 is 1.32 bits per heavy atom. The molecule has 0 aliphatic carbocycles. The van der Waals surface area contributed by atoms with Crippen LogP contribution in [0.25, 0.3) is 33.4 Å². The third-order valence-electron chi connectivity index (χ3n) is 5.63. The lowest BCUT2D eigenvalue weighted by molar-refractivity contribution is 0.214. The van der Waals surface area contributed by atoms with Crippen molar-refractivity contribution in [2.24, 2.45) is 0 Å². The predicted octanol–water partition coefficient (Wildman–Crippen LogP) is 3.66. The van der Waals surface area contributed by atoms with Gasteiger partial charge >= 0.3 is 0 Å². The molecule has 1 aliphatic heterocycles. The van der Waals surface area contributed by atoms with E-state index in [0.717, 1.165) is 31.5 Å². The molecule has 1 aliphatic rings. The van der Waals surface area contributed by atoms with Crippen molar-refractivity contribution in [1.29, 1.82) is 0 Å². The fraction of sp³-hybridized carbons (Fsp3) is 0.350. The van der Waals surface area contributed by atoms with Crippen LogP contribution in [0.2, 0.25) is 0 Å². The van der Waals surface area contributed by atoms with Gasteiger partial charge in [0.05, 0.1) is 18.0 Å². The van der Waals surface area contributed by atoms with E-state index in [1.165, 1.54) is 18.4 Å². The van der Waals surface area contributed by atoms with Crippen molar-refractivity contribution < 1.29 is 13.9 Å². The van der Waals surface area contributed by atoms with E-state index in [1.54, 1.807) is 6.33 Å². The van der Waals surface area contributed by atoms with Gasteiger partial charge in [0.15, 0.2) is 17.0 Å². The first-order valence-electron chi connectivity index (χ1n) is 9.32. The van der Waals surface area contributed by atoms with Gasteiger partial charge in [0.1, 0.15) is 17.0 Å². The number of benzene rings is 1. The number of halogens is 1. The molecule has 1 aromatic carbocycles. The van der Waals surface area contributed by atoms with Gasteiger partial charge in [0.25, 0.3) is 0 Å². The number of aromatic hydroxyl groups is 1. The van der Waals surface area contributed by atoms with Crippen LogP contribution in [0.1, 0.15) is 24.4 Å². The zero-order chi connectivity index (χ0) is 19.4. The van der Waals surface area contributed by atoms with Gasteiger partial charge in [-0.3, -0.25) is 0 Å². The third kappa shape index (κ3) is 2.48. The van der Waals surface area contributed by atoms with Crippen LogP contribution in [0.3, 0.4) is 0 Å². The highest BCUT2D eigenvalue weighted by atomic mass is 19.1. The maximum Gasteiger partial charge on any atom is 0.183 e. The zero-order valence-electron chi connectivity index (χ0n) is 15.7. The number of aryl methyl sites for hydroxylation is 1. The monoisotopic (exact) mass is 381 g/mol. The molecule has 0 saturated carbocycles. The summed E-state index contributed by atoms with van der Waals surface area (Å²) in [5, 5.41) is 19.7. The first-order chi connectivity index (χ1) is 13.5. The molecule has 3 aromatic heterocycles. The van der Waals surface area contributed by atoms with Crippen molar-refractivity contribution >= 4 is 22.1 Å². The highest BCUT2D eigenvalue weighted by molar-refractivity contribution is 5.93. The molecule has 1 fully saturated rings. The summed E-state index contributed by atoms with van der Waals surface area (Å²) in [6, 6.07) is 3.07. The number of aromatic nitrogens is 4. The van der Waals surface area contributed by atoms with E-state index in [4.69, 9.17) is 4.42 Å². The van der Waals surface area contributed by atoms with Crippen LogP contribution in [-0.4, -0.2) is 49.9 Å². The number of imidazole rings is 1. The Bertz CT molecular complexity index is 1200. The molecule has 1 saturated heterocycles. The van der Waals surface area contributed by atoms with Crippen LogP contribution in [-0.2, 0) is 0 Å². The fourth-order valence-corrected chi connectivity index (χ4v) is 4.16. The van der Waals surface area contributed by atoms with E-state index in [0.29, 0.717) is 28.3 Å². The number of hydrogen-bond acceptors (Lipinski definition) is 6. The molecule has 7 nitrogen and oxygen atoms in total. The zero-order valence-corrected chi connectivity index (χ0v) is 15.7. The summed E-state index contributed by atoms with van der Waals surface area (Å²) in [6.07, 6.45) is 5.35. The summed E-state index contributed by atoms with van der Waals surface area (Å²) < 4.78 is 21.6. The number of furan rings is 1. The molecule has 5 rings (SSSR count). The largest absolute Gasteiger partial charge is 0.506 e.